The van der Waals surface area contributed by atoms with Crippen molar-refractivity contribution in [3.63, 3.8) is 0 Å². The van der Waals surface area contributed by atoms with E-state index >= 15 is 0 Å². The summed E-state index contributed by atoms with van der Waals surface area (Å²) in [7, 11) is 1.67. The van der Waals surface area contributed by atoms with Gasteiger partial charge in [0.25, 0.3) is 0 Å². The molecular weight excluding hydrogens is 260 g/mol. The van der Waals surface area contributed by atoms with Crippen LogP contribution < -0.4 is 10.1 Å². The van der Waals surface area contributed by atoms with Crippen molar-refractivity contribution < 1.29 is 4.74 Å². The lowest BCUT2D eigenvalue weighted by atomic mass is 10.0. The molecule has 0 bridgehead atoms. The second kappa shape index (κ2) is 6.92. The van der Waals surface area contributed by atoms with Crippen molar-refractivity contribution in [1.29, 1.82) is 5.26 Å². The Morgan fingerprint density at radius 3 is 2.24 bits per heavy atom. The summed E-state index contributed by atoms with van der Waals surface area (Å²) in [5, 5.41) is 12.5. The van der Waals surface area contributed by atoms with Crippen molar-refractivity contribution in [2.45, 2.75) is 25.9 Å². The molecule has 0 amide bonds. The maximum atomic E-state index is 8.98. The molecule has 108 valence electrons. The molecule has 0 spiro atoms. The first-order valence-corrected chi connectivity index (χ1v) is 7.04. The number of hydrogen-bond donors (Lipinski definition) is 1. The minimum atomic E-state index is 0.166. The molecule has 21 heavy (non-hydrogen) atoms. The van der Waals surface area contributed by atoms with Crippen LogP contribution in [-0.2, 0) is 0 Å². The maximum Gasteiger partial charge on any atom is 0.119 e. The first kappa shape index (κ1) is 15.1. The number of nitrogens with zero attached hydrogens (tertiary/aromatic N) is 1. The van der Waals surface area contributed by atoms with Crippen LogP contribution in [0.1, 0.15) is 42.6 Å². The average Bonchev–Trinajstić information content (AvgIpc) is 2.54. The molecule has 2 rings (SSSR count). The summed E-state index contributed by atoms with van der Waals surface area (Å²) in [4.78, 5) is 0. The summed E-state index contributed by atoms with van der Waals surface area (Å²) in [6, 6.07) is 18.3. The minimum Gasteiger partial charge on any atom is -0.497 e. The summed E-state index contributed by atoms with van der Waals surface area (Å²) in [5.74, 6) is 0.861. The number of rotatable bonds is 5. The Balaban J connectivity index is 2.10. The minimum absolute atomic E-state index is 0.166. The topological polar surface area (TPSA) is 45.0 Å². The summed E-state index contributed by atoms with van der Waals surface area (Å²) in [6.07, 6.45) is 0. The van der Waals surface area contributed by atoms with Crippen LogP contribution in [0.15, 0.2) is 48.5 Å². The van der Waals surface area contributed by atoms with E-state index in [9.17, 15) is 0 Å². The van der Waals surface area contributed by atoms with Gasteiger partial charge in [0.15, 0.2) is 0 Å². The molecule has 0 heterocycles. The summed E-state index contributed by atoms with van der Waals surface area (Å²) >= 11 is 0. The van der Waals surface area contributed by atoms with E-state index in [4.69, 9.17) is 10.00 Å². The SMILES string of the molecule is COc1cccc([C@@H](C)NC(C)c2cccc(C#N)c2)c1. The molecule has 0 saturated carbocycles. The maximum absolute atomic E-state index is 8.98. The van der Waals surface area contributed by atoms with E-state index in [0.717, 1.165) is 11.3 Å². The first-order chi connectivity index (χ1) is 10.1. The third-order valence-electron chi connectivity index (χ3n) is 3.61. The molecule has 0 aliphatic rings. The Labute approximate surface area is 126 Å². The monoisotopic (exact) mass is 280 g/mol. The quantitative estimate of drug-likeness (QED) is 0.901. The largest absolute Gasteiger partial charge is 0.497 e. The van der Waals surface area contributed by atoms with E-state index in [1.54, 1.807) is 7.11 Å². The molecule has 1 unspecified atom stereocenters. The van der Waals surface area contributed by atoms with Gasteiger partial charge in [0.2, 0.25) is 0 Å². The highest BCUT2D eigenvalue weighted by atomic mass is 16.5. The normalized spacial score (nSPS) is 13.2. The van der Waals surface area contributed by atoms with Crippen molar-refractivity contribution in [2.24, 2.45) is 0 Å². The lowest BCUT2D eigenvalue weighted by Gasteiger charge is -2.21. The predicted octanol–water partition coefficient (Wildman–Crippen LogP) is 3.98. The van der Waals surface area contributed by atoms with E-state index < -0.39 is 0 Å². The van der Waals surface area contributed by atoms with E-state index in [1.807, 2.05) is 42.5 Å². The average molecular weight is 280 g/mol. The number of hydrogen-bond acceptors (Lipinski definition) is 3. The molecule has 2 atom stereocenters. The van der Waals surface area contributed by atoms with Crippen LogP contribution in [0.4, 0.5) is 0 Å². The van der Waals surface area contributed by atoms with Gasteiger partial charge in [-0.05, 0) is 49.2 Å². The van der Waals surface area contributed by atoms with E-state index in [-0.39, 0.29) is 12.1 Å². The van der Waals surface area contributed by atoms with Crippen molar-refractivity contribution in [1.82, 2.24) is 5.32 Å². The molecule has 1 N–H and O–H groups in total. The fraction of sp³-hybridized carbons (Fsp3) is 0.278. The highest BCUT2D eigenvalue weighted by Gasteiger charge is 2.12. The zero-order valence-electron chi connectivity index (χ0n) is 12.6. The first-order valence-electron chi connectivity index (χ1n) is 7.04. The summed E-state index contributed by atoms with van der Waals surface area (Å²) in [6.45, 7) is 4.23. The van der Waals surface area contributed by atoms with Crippen LogP contribution in [0.2, 0.25) is 0 Å². The fourth-order valence-electron chi connectivity index (χ4n) is 2.36. The summed E-state index contributed by atoms with van der Waals surface area (Å²) in [5.41, 5.74) is 2.98. The number of ether oxygens (including phenoxy) is 1. The van der Waals surface area contributed by atoms with Gasteiger partial charge in [0, 0.05) is 12.1 Å². The van der Waals surface area contributed by atoms with Gasteiger partial charge in [-0.3, -0.25) is 0 Å². The lowest BCUT2D eigenvalue weighted by molar-refractivity contribution is 0.412. The van der Waals surface area contributed by atoms with Crippen LogP contribution in [0, 0.1) is 11.3 Å². The predicted molar refractivity (Wildman–Crippen MR) is 84.1 cm³/mol. The molecule has 2 aromatic carbocycles. The fourth-order valence-corrected chi connectivity index (χ4v) is 2.36. The van der Waals surface area contributed by atoms with Gasteiger partial charge in [-0.2, -0.15) is 5.26 Å². The second-order valence-corrected chi connectivity index (χ2v) is 5.12. The molecule has 0 radical (unpaired) electrons. The number of nitriles is 1. The van der Waals surface area contributed by atoms with Crippen LogP contribution >= 0.6 is 0 Å². The van der Waals surface area contributed by atoms with E-state index in [0.29, 0.717) is 5.56 Å². The highest BCUT2D eigenvalue weighted by Crippen LogP contribution is 2.22. The smallest absolute Gasteiger partial charge is 0.119 e. The van der Waals surface area contributed by atoms with E-state index in [2.05, 4.69) is 31.3 Å². The molecule has 0 aliphatic carbocycles. The van der Waals surface area contributed by atoms with Crippen LogP contribution in [0.5, 0.6) is 5.75 Å². The molecule has 0 aromatic heterocycles. The van der Waals surface area contributed by atoms with Crippen molar-refractivity contribution in [2.75, 3.05) is 7.11 Å². The highest BCUT2D eigenvalue weighted by molar-refractivity contribution is 5.34. The molecular formula is C18H20N2O. The van der Waals surface area contributed by atoms with Gasteiger partial charge >= 0.3 is 0 Å². The number of nitrogens with one attached hydrogen (secondary N) is 1. The third kappa shape index (κ3) is 3.84. The Hall–Kier alpha value is -2.31. The lowest BCUT2D eigenvalue weighted by Crippen LogP contribution is -2.22. The van der Waals surface area contributed by atoms with Crippen molar-refractivity contribution in [3.8, 4) is 11.8 Å². The van der Waals surface area contributed by atoms with Gasteiger partial charge in [0.1, 0.15) is 5.75 Å². The molecule has 0 aliphatic heterocycles. The molecule has 3 nitrogen and oxygen atoms in total. The van der Waals surface area contributed by atoms with Crippen LogP contribution in [-0.4, -0.2) is 7.11 Å². The molecule has 3 heteroatoms. The second-order valence-electron chi connectivity index (χ2n) is 5.12. The van der Waals surface area contributed by atoms with Gasteiger partial charge in [-0.1, -0.05) is 24.3 Å². The zero-order valence-corrected chi connectivity index (χ0v) is 12.6. The Morgan fingerprint density at radius 2 is 1.62 bits per heavy atom. The Morgan fingerprint density at radius 1 is 1.00 bits per heavy atom. The molecule has 0 fully saturated rings. The van der Waals surface area contributed by atoms with Gasteiger partial charge < -0.3 is 10.1 Å². The summed E-state index contributed by atoms with van der Waals surface area (Å²) < 4.78 is 5.26. The van der Waals surface area contributed by atoms with E-state index in [1.165, 1.54) is 5.56 Å². The number of methoxy groups -OCH3 is 1. The van der Waals surface area contributed by atoms with Crippen molar-refractivity contribution in [3.05, 3.63) is 65.2 Å². The standard InChI is InChI=1S/C18H20N2O/c1-13(16-7-4-6-15(10-16)12-19)20-14(2)17-8-5-9-18(11-17)21-3/h4-11,13-14,20H,1-3H3/t13?,14-/m1/s1. The molecule has 0 saturated heterocycles. The Kier molecular flexibility index (Phi) is 4.97. The van der Waals surface area contributed by atoms with Crippen LogP contribution in [0.3, 0.4) is 0 Å². The molecule has 2 aromatic rings. The third-order valence-corrected chi connectivity index (χ3v) is 3.61. The van der Waals surface area contributed by atoms with Crippen LogP contribution in [0.25, 0.3) is 0 Å². The Bertz CT molecular complexity index is 646. The van der Waals surface area contributed by atoms with Gasteiger partial charge in [-0.25, -0.2) is 0 Å². The van der Waals surface area contributed by atoms with Crippen molar-refractivity contribution >= 4 is 0 Å². The zero-order chi connectivity index (χ0) is 15.2. The van der Waals surface area contributed by atoms with Gasteiger partial charge in [0.05, 0.1) is 18.7 Å². The van der Waals surface area contributed by atoms with Gasteiger partial charge in [-0.15, -0.1) is 0 Å². The number of benzene rings is 2.